The number of urea groups is 1. The van der Waals surface area contributed by atoms with Gasteiger partial charge in [-0.3, -0.25) is 10.1 Å². The van der Waals surface area contributed by atoms with Crippen LogP contribution in [0.15, 0.2) is 53.4 Å². The van der Waals surface area contributed by atoms with Crippen molar-refractivity contribution in [3.05, 3.63) is 59.7 Å². The molecule has 0 saturated carbocycles. The number of terminal acetylenes is 1. The van der Waals surface area contributed by atoms with Crippen LogP contribution in [0.4, 0.5) is 4.79 Å². The minimum atomic E-state index is -4.01. The largest absolute Gasteiger partial charge is 0.496 e. The Labute approximate surface area is 175 Å². The first-order valence-electron chi connectivity index (χ1n) is 9.04. The topological polar surface area (TPSA) is 114 Å². The fraction of sp³-hybridized carbons (Fsp3) is 0.238. The van der Waals surface area contributed by atoms with Crippen molar-refractivity contribution < 1.29 is 22.7 Å². The Hall–Kier alpha value is -3.35. The van der Waals surface area contributed by atoms with E-state index in [1.54, 1.807) is 24.3 Å². The number of nitrogens with one attached hydrogen (secondary N) is 3. The van der Waals surface area contributed by atoms with Crippen LogP contribution >= 0.6 is 0 Å². The van der Waals surface area contributed by atoms with Crippen molar-refractivity contribution in [1.29, 1.82) is 0 Å². The maximum Gasteiger partial charge on any atom is 0.322 e. The first-order chi connectivity index (χ1) is 14.2. The molecule has 0 radical (unpaired) electrons. The molecule has 3 N–H and O–H groups in total. The number of carbonyl (C=O) groups excluding carboxylic acids is 2. The lowest BCUT2D eigenvalue weighted by atomic mass is 9.91. The second-order valence-electron chi connectivity index (χ2n) is 6.89. The number of hydrogen-bond donors (Lipinski definition) is 3. The third-order valence-electron chi connectivity index (χ3n) is 4.89. The molecule has 1 saturated heterocycles. The van der Waals surface area contributed by atoms with Gasteiger partial charge in [0.15, 0.2) is 0 Å². The van der Waals surface area contributed by atoms with Gasteiger partial charge < -0.3 is 10.1 Å². The van der Waals surface area contributed by atoms with Gasteiger partial charge in [0.1, 0.15) is 11.3 Å². The Bertz CT molecular complexity index is 1130. The number of sulfonamides is 1. The molecule has 0 bridgehead atoms. The van der Waals surface area contributed by atoms with E-state index in [9.17, 15) is 18.0 Å². The van der Waals surface area contributed by atoms with Crippen LogP contribution < -0.4 is 20.1 Å². The summed E-state index contributed by atoms with van der Waals surface area (Å²) in [6, 6.07) is 11.8. The number of rotatable bonds is 7. The highest BCUT2D eigenvalue weighted by atomic mass is 32.2. The number of carbonyl (C=O) groups is 2. The average molecular weight is 427 g/mol. The number of benzene rings is 2. The van der Waals surface area contributed by atoms with Gasteiger partial charge in [-0.15, -0.1) is 12.3 Å². The Morgan fingerprint density at radius 1 is 1.20 bits per heavy atom. The zero-order valence-corrected chi connectivity index (χ0v) is 17.2. The summed E-state index contributed by atoms with van der Waals surface area (Å²) in [6.45, 7) is 1.47. The van der Waals surface area contributed by atoms with Crippen LogP contribution in [-0.2, 0) is 20.4 Å². The van der Waals surface area contributed by atoms with Crippen molar-refractivity contribution in [3.63, 3.8) is 0 Å². The first-order valence-corrected chi connectivity index (χ1v) is 10.5. The summed E-state index contributed by atoms with van der Waals surface area (Å²) in [7, 11) is -2.62. The smallest absolute Gasteiger partial charge is 0.322 e. The Balaban J connectivity index is 2.01. The molecule has 2 aromatic carbocycles. The number of amides is 3. The predicted molar refractivity (Wildman–Crippen MR) is 110 cm³/mol. The summed E-state index contributed by atoms with van der Waals surface area (Å²) in [5.41, 5.74) is -0.544. The molecule has 1 heterocycles. The second kappa shape index (κ2) is 8.18. The highest BCUT2D eigenvalue weighted by molar-refractivity contribution is 7.89. The third kappa shape index (κ3) is 4.01. The van der Waals surface area contributed by atoms with Crippen LogP contribution in [0.3, 0.4) is 0 Å². The number of methoxy groups -OCH3 is 1. The summed E-state index contributed by atoms with van der Waals surface area (Å²) in [5, 5.41) is 4.67. The van der Waals surface area contributed by atoms with Crippen molar-refractivity contribution in [2.45, 2.75) is 29.8 Å². The van der Waals surface area contributed by atoms with E-state index in [2.05, 4.69) is 21.3 Å². The van der Waals surface area contributed by atoms with E-state index in [0.29, 0.717) is 0 Å². The fourth-order valence-corrected chi connectivity index (χ4v) is 4.51. The molecule has 0 unspecified atom stereocenters. The Morgan fingerprint density at radius 2 is 1.90 bits per heavy atom. The van der Waals surface area contributed by atoms with Gasteiger partial charge in [0.2, 0.25) is 10.0 Å². The molecule has 0 aromatic heterocycles. The highest BCUT2D eigenvalue weighted by Crippen LogP contribution is 2.34. The molecular formula is C21H21N3O5S. The molecule has 3 amide bonds. The molecule has 2 atom stereocenters. The van der Waals surface area contributed by atoms with Crippen LogP contribution in [-0.4, -0.2) is 27.5 Å². The van der Waals surface area contributed by atoms with Crippen LogP contribution in [0, 0.1) is 12.3 Å². The van der Waals surface area contributed by atoms with E-state index in [0.717, 1.165) is 5.56 Å². The quantitative estimate of drug-likeness (QED) is 0.461. The summed E-state index contributed by atoms with van der Waals surface area (Å²) in [5.74, 6) is 2.14. The van der Waals surface area contributed by atoms with Gasteiger partial charge in [-0.25, -0.2) is 17.9 Å². The average Bonchev–Trinajstić information content (AvgIpc) is 3.00. The minimum Gasteiger partial charge on any atom is -0.496 e. The SMILES string of the molecule is C#CC[C@@H](NS(=O)(=O)c1ccc(OC)c([C@@]2(C)NC(=O)NC2=O)c1)c1ccccc1. The van der Waals surface area contributed by atoms with E-state index >= 15 is 0 Å². The van der Waals surface area contributed by atoms with Gasteiger partial charge in [-0.2, -0.15) is 0 Å². The molecule has 9 heteroatoms. The Kier molecular flexibility index (Phi) is 5.82. The number of hydrogen-bond acceptors (Lipinski definition) is 5. The van der Waals surface area contributed by atoms with E-state index in [1.165, 1.54) is 32.2 Å². The lowest BCUT2D eigenvalue weighted by Gasteiger charge is -2.24. The standard InChI is InChI=1S/C21H21N3O5S/c1-4-8-17(14-9-6-5-7-10-14)24-30(27,28)15-11-12-18(29-3)16(13-15)21(2)19(25)22-20(26)23-21/h1,5-7,9-13,17,24H,8H2,2-3H3,(H2,22,23,25,26)/t17-,21-/m1/s1. The van der Waals surface area contributed by atoms with Crippen molar-refractivity contribution in [2.75, 3.05) is 7.11 Å². The van der Waals surface area contributed by atoms with Crippen molar-refractivity contribution in [2.24, 2.45) is 0 Å². The van der Waals surface area contributed by atoms with Gasteiger partial charge in [-0.05, 0) is 30.7 Å². The van der Waals surface area contributed by atoms with Crippen LogP contribution in [0.2, 0.25) is 0 Å². The summed E-state index contributed by atoms with van der Waals surface area (Å²) in [4.78, 5) is 23.9. The Morgan fingerprint density at radius 3 is 2.47 bits per heavy atom. The van der Waals surface area contributed by atoms with Gasteiger partial charge >= 0.3 is 6.03 Å². The molecule has 30 heavy (non-hydrogen) atoms. The molecule has 2 aromatic rings. The molecule has 156 valence electrons. The van der Waals surface area contributed by atoms with Crippen molar-refractivity contribution in [3.8, 4) is 18.1 Å². The van der Waals surface area contributed by atoms with E-state index < -0.39 is 33.5 Å². The highest BCUT2D eigenvalue weighted by Gasteiger charge is 2.45. The molecule has 1 aliphatic heterocycles. The van der Waals surface area contributed by atoms with Crippen LogP contribution in [0.1, 0.15) is 30.5 Å². The predicted octanol–water partition coefficient (Wildman–Crippen LogP) is 1.79. The summed E-state index contributed by atoms with van der Waals surface area (Å²) in [6.07, 6.45) is 5.58. The maximum atomic E-state index is 13.1. The minimum absolute atomic E-state index is 0.0913. The van der Waals surface area contributed by atoms with E-state index in [-0.39, 0.29) is 22.6 Å². The lowest BCUT2D eigenvalue weighted by Crippen LogP contribution is -2.41. The molecule has 3 rings (SSSR count). The van der Waals surface area contributed by atoms with Gasteiger partial charge in [0.05, 0.1) is 18.0 Å². The second-order valence-corrected chi connectivity index (χ2v) is 8.60. The molecule has 0 aliphatic carbocycles. The molecule has 1 aliphatic rings. The van der Waals surface area contributed by atoms with Gasteiger partial charge in [0.25, 0.3) is 5.91 Å². The summed E-state index contributed by atoms with van der Waals surface area (Å²) >= 11 is 0. The van der Waals surface area contributed by atoms with E-state index in [1.807, 2.05) is 6.07 Å². The number of ether oxygens (including phenoxy) is 1. The molecule has 1 fully saturated rings. The lowest BCUT2D eigenvalue weighted by molar-refractivity contribution is -0.123. The van der Waals surface area contributed by atoms with E-state index in [4.69, 9.17) is 11.2 Å². The molecular weight excluding hydrogens is 406 g/mol. The zero-order valence-electron chi connectivity index (χ0n) is 16.4. The first kappa shape index (κ1) is 21.4. The monoisotopic (exact) mass is 427 g/mol. The van der Waals surface area contributed by atoms with Gasteiger partial charge in [0, 0.05) is 12.0 Å². The third-order valence-corrected chi connectivity index (χ3v) is 6.36. The zero-order chi connectivity index (χ0) is 21.9. The summed E-state index contributed by atoms with van der Waals surface area (Å²) < 4.78 is 34.1. The van der Waals surface area contributed by atoms with Crippen LogP contribution in [0.5, 0.6) is 5.75 Å². The maximum absolute atomic E-state index is 13.1. The van der Waals surface area contributed by atoms with Crippen LogP contribution in [0.25, 0.3) is 0 Å². The van der Waals surface area contributed by atoms with Gasteiger partial charge in [-0.1, -0.05) is 30.3 Å². The normalized spacial score (nSPS) is 19.5. The molecule has 8 nitrogen and oxygen atoms in total. The van der Waals surface area contributed by atoms with Crippen molar-refractivity contribution >= 4 is 22.0 Å². The van der Waals surface area contributed by atoms with Crippen molar-refractivity contribution in [1.82, 2.24) is 15.4 Å². The fourth-order valence-electron chi connectivity index (χ4n) is 3.26. The molecule has 0 spiro atoms. The number of imide groups is 1.